The number of benzene rings is 2. The summed E-state index contributed by atoms with van der Waals surface area (Å²) in [4.78, 5) is 4.65. The number of nitrogens with zero attached hydrogens (tertiary/aromatic N) is 3. The van der Waals surface area contributed by atoms with Crippen LogP contribution in [0, 0.1) is 19.7 Å². The average Bonchev–Trinajstić information content (AvgIpc) is 3.08. The number of rotatable bonds is 4. The van der Waals surface area contributed by atoms with E-state index in [1.165, 1.54) is 25.3 Å². The maximum absolute atomic E-state index is 14.4. The molecule has 0 radical (unpaired) electrons. The van der Waals surface area contributed by atoms with Gasteiger partial charge in [-0.15, -0.1) is 0 Å². The van der Waals surface area contributed by atoms with Crippen molar-refractivity contribution < 1.29 is 17.5 Å². The van der Waals surface area contributed by atoms with E-state index in [0.717, 1.165) is 0 Å². The van der Waals surface area contributed by atoms with Crippen LogP contribution in [0.1, 0.15) is 29.8 Å². The van der Waals surface area contributed by atoms with E-state index >= 15 is 0 Å². The van der Waals surface area contributed by atoms with Gasteiger partial charge in [-0.3, -0.25) is 0 Å². The van der Waals surface area contributed by atoms with E-state index in [9.17, 15) is 12.8 Å². The van der Waals surface area contributed by atoms with Gasteiger partial charge in [-0.05, 0) is 62.2 Å². The third-order valence-corrected chi connectivity index (χ3v) is 7.55. The number of hydrogen-bond donors (Lipinski definition) is 0. The van der Waals surface area contributed by atoms with E-state index in [1.54, 1.807) is 48.9 Å². The Balaban J connectivity index is 1.92. The molecule has 2 heterocycles. The molecule has 0 N–H and O–H groups in total. The standard InChI is InChI=1S/C22H22FN3O3S/c1-13-5-6-16(12-19(13)23)21-22(15(3)24-20-11-14(2)25-26(20)21)30(27,28)18-9-7-17(29-4)8-10-18/h5-12,21-22H,1-4H3. The Morgan fingerprint density at radius 1 is 1.03 bits per heavy atom. The quantitative estimate of drug-likeness (QED) is 0.626. The number of aliphatic imine (C=N–C) groups is 1. The zero-order chi connectivity index (χ0) is 21.6. The highest BCUT2D eigenvalue weighted by molar-refractivity contribution is 7.92. The van der Waals surface area contributed by atoms with Gasteiger partial charge >= 0.3 is 0 Å². The van der Waals surface area contributed by atoms with Crippen molar-refractivity contribution in [3.05, 3.63) is 71.2 Å². The van der Waals surface area contributed by atoms with Gasteiger partial charge in [-0.1, -0.05) is 12.1 Å². The van der Waals surface area contributed by atoms with Crippen molar-refractivity contribution in [1.82, 2.24) is 9.78 Å². The normalized spacial score (nSPS) is 18.6. The van der Waals surface area contributed by atoms with E-state index < -0.39 is 26.9 Å². The first-order valence-corrected chi connectivity index (χ1v) is 11.0. The van der Waals surface area contributed by atoms with Gasteiger partial charge in [0.15, 0.2) is 15.7 Å². The highest BCUT2D eigenvalue weighted by Crippen LogP contribution is 2.39. The van der Waals surface area contributed by atoms with Gasteiger partial charge in [0, 0.05) is 11.8 Å². The Labute approximate surface area is 175 Å². The van der Waals surface area contributed by atoms with Gasteiger partial charge in [0.2, 0.25) is 0 Å². The van der Waals surface area contributed by atoms with Crippen LogP contribution < -0.4 is 4.74 Å². The van der Waals surface area contributed by atoms with Crippen LogP contribution in [0.5, 0.6) is 5.75 Å². The van der Waals surface area contributed by atoms with Gasteiger partial charge in [-0.2, -0.15) is 5.10 Å². The van der Waals surface area contributed by atoms with Gasteiger partial charge in [0.25, 0.3) is 0 Å². The average molecular weight is 428 g/mol. The molecule has 0 aliphatic carbocycles. The Kier molecular flexibility index (Phi) is 4.97. The first-order chi connectivity index (χ1) is 14.2. The van der Waals surface area contributed by atoms with Crippen molar-refractivity contribution >= 4 is 21.4 Å². The van der Waals surface area contributed by atoms with E-state index in [4.69, 9.17) is 4.74 Å². The van der Waals surface area contributed by atoms with Gasteiger partial charge in [0.05, 0.1) is 17.7 Å². The maximum atomic E-state index is 14.4. The predicted octanol–water partition coefficient (Wildman–Crippen LogP) is 4.19. The van der Waals surface area contributed by atoms with Crippen LogP contribution in [0.25, 0.3) is 0 Å². The van der Waals surface area contributed by atoms with Crippen molar-refractivity contribution in [3.8, 4) is 5.75 Å². The number of hydrogen-bond acceptors (Lipinski definition) is 5. The van der Waals surface area contributed by atoms with Crippen LogP contribution in [-0.2, 0) is 9.84 Å². The first-order valence-electron chi connectivity index (χ1n) is 9.47. The molecule has 1 aliphatic heterocycles. The molecule has 0 saturated carbocycles. The number of aryl methyl sites for hydroxylation is 2. The summed E-state index contributed by atoms with van der Waals surface area (Å²) in [7, 11) is -2.34. The summed E-state index contributed by atoms with van der Waals surface area (Å²) in [5, 5.41) is 3.46. The van der Waals surface area contributed by atoms with Crippen molar-refractivity contribution in [2.45, 2.75) is 37.0 Å². The van der Waals surface area contributed by atoms with E-state index in [-0.39, 0.29) is 4.90 Å². The SMILES string of the molecule is COc1ccc(S(=O)(=O)C2C(C)=Nc3cc(C)nn3C2c2ccc(C)c(F)c2)cc1. The van der Waals surface area contributed by atoms with Crippen LogP contribution in [0.15, 0.2) is 58.4 Å². The molecule has 2 unspecified atom stereocenters. The number of ether oxygens (including phenoxy) is 1. The second-order valence-electron chi connectivity index (χ2n) is 7.44. The van der Waals surface area contributed by atoms with Gasteiger partial charge in [-0.25, -0.2) is 22.5 Å². The summed E-state index contributed by atoms with van der Waals surface area (Å²) in [6.07, 6.45) is 0. The second-order valence-corrected chi connectivity index (χ2v) is 9.51. The minimum Gasteiger partial charge on any atom is -0.497 e. The fourth-order valence-corrected chi connectivity index (χ4v) is 5.73. The molecule has 3 aromatic rings. The minimum atomic E-state index is -3.86. The number of sulfone groups is 1. The summed E-state index contributed by atoms with van der Waals surface area (Å²) in [6.45, 7) is 5.17. The first kappa shape index (κ1) is 20.3. The van der Waals surface area contributed by atoms with E-state index in [2.05, 4.69) is 10.1 Å². The van der Waals surface area contributed by atoms with Crippen molar-refractivity contribution in [1.29, 1.82) is 0 Å². The van der Waals surface area contributed by atoms with Crippen LogP contribution in [0.2, 0.25) is 0 Å². The van der Waals surface area contributed by atoms with Gasteiger partial charge < -0.3 is 4.74 Å². The summed E-state index contributed by atoms with van der Waals surface area (Å²) in [6, 6.07) is 12.1. The van der Waals surface area contributed by atoms with E-state index in [1.807, 2.05) is 6.92 Å². The van der Waals surface area contributed by atoms with Crippen molar-refractivity contribution in [3.63, 3.8) is 0 Å². The molecule has 0 amide bonds. The Bertz CT molecular complexity index is 1250. The predicted molar refractivity (Wildman–Crippen MR) is 113 cm³/mol. The fourth-order valence-electron chi connectivity index (χ4n) is 3.81. The molecule has 0 fully saturated rings. The third-order valence-electron chi connectivity index (χ3n) is 5.35. The second kappa shape index (κ2) is 7.36. The summed E-state index contributed by atoms with van der Waals surface area (Å²) in [5.74, 6) is 0.723. The highest BCUT2D eigenvalue weighted by Gasteiger charge is 2.43. The molecule has 6 nitrogen and oxygen atoms in total. The van der Waals surface area contributed by atoms with Crippen LogP contribution >= 0.6 is 0 Å². The zero-order valence-corrected chi connectivity index (χ0v) is 17.9. The van der Waals surface area contributed by atoms with Crippen LogP contribution in [-0.4, -0.2) is 36.3 Å². The summed E-state index contributed by atoms with van der Waals surface area (Å²) >= 11 is 0. The number of aromatic nitrogens is 2. The number of methoxy groups -OCH3 is 1. The molecule has 30 heavy (non-hydrogen) atoms. The monoisotopic (exact) mass is 427 g/mol. The van der Waals surface area contributed by atoms with Gasteiger partial charge in [0.1, 0.15) is 22.9 Å². The number of halogens is 1. The highest BCUT2D eigenvalue weighted by atomic mass is 32.2. The minimum absolute atomic E-state index is 0.146. The molecule has 156 valence electrons. The lowest BCUT2D eigenvalue weighted by Crippen LogP contribution is -2.41. The molecule has 8 heteroatoms. The molecule has 1 aromatic heterocycles. The molecule has 2 atom stereocenters. The lowest BCUT2D eigenvalue weighted by atomic mass is 9.98. The molecule has 1 aliphatic rings. The van der Waals surface area contributed by atoms with Crippen molar-refractivity contribution in [2.24, 2.45) is 4.99 Å². The third kappa shape index (κ3) is 3.31. The summed E-state index contributed by atoms with van der Waals surface area (Å²) < 4.78 is 48.5. The van der Waals surface area contributed by atoms with Crippen LogP contribution in [0.3, 0.4) is 0 Å². The number of fused-ring (bicyclic) bond motifs is 1. The fraction of sp³-hybridized carbons (Fsp3) is 0.273. The van der Waals surface area contributed by atoms with E-state index in [0.29, 0.717) is 34.1 Å². The van der Waals surface area contributed by atoms with Crippen molar-refractivity contribution in [2.75, 3.05) is 7.11 Å². The Morgan fingerprint density at radius 2 is 1.73 bits per heavy atom. The Morgan fingerprint density at radius 3 is 2.37 bits per heavy atom. The molecule has 0 saturated heterocycles. The molecule has 0 spiro atoms. The van der Waals surface area contributed by atoms with Crippen LogP contribution in [0.4, 0.5) is 10.2 Å². The molecule has 4 rings (SSSR count). The zero-order valence-electron chi connectivity index (χ0n) is 17.1. The lowest BCUT2D eigenvalue weighted by Gasteiger charge is -2.32. The Hall–Kier alpha value is -3.00. The maximum Gasteiger partial charge on any atom is 0.189 e. The largest absolute Gasteiger partial charge is 0.497 e. The molecule has 2 aromatic carbocycles. The summed E-state index contributed by atoms with van der Waals surface area (Å²) in [5.41, 5.74) is 2.16. The smallest absolute Gasteiger partial charge is 0.189 e. The molecular formula is C22H22FN3O3S. The molecular weight excluding hydrogens is 405 g/mol. The topological polar surface area (TPSA) is 73.6 Å². The molecule has 0 bridgehead atoms. The lowest BCUT2D eigenvalue weighted by molar-refractivity contribution is 0.414.